The highest BCUT2D eigenvalue weighted by Gasteiger charge is 1.96. The van der Waals surface area contributed by atoms with Crippen LogP contribution in [-0.4, -0.2) is 0 Å². The molecule has 1 aromatic heterocycles. The van der Waals surface area contributed by atoms with Gasteiger partial charge >= 0.3 is 0 Å². The third-order valence-electron chi connectivity index (χ3n) is 1.84. The molecule has 14 heavy (non-hydrogen) atoms. The van der Waals surface area contributed by atoms with E-state index >= 15 is 0 Å². The van der Waals surface area contributed by atoms with E-state index in [0.717, 1.165) is 11.4 Å². The predicted octanol–water partition coefficient (Wildman–Crippen LogP) is 3.62. The Kier molecular flexibility index (Phi) is 3.11. The zero-order valence-electron chi connectivity index (χ0n) is 7.64. The van der Waals surface area contributed by atoms with Crippen LogP contribution in [0.5, 0.6) is 0 Å². The van der Waals surface area contributed by atoms with Crippen LogP contribution in [-0.2, 0) is 5.75 Å². The van der Waals surface area contributed by atoms with Crippen LogP contribution in [0.4, 0.5) is 5.69 Å². The van der Waals surface area contributed by atoms with E-state index in [9.17, 15) is 0 Å². The van der Waals surface area contributed by atoms with Crippen LogP contribution in [0.15, 0.2) is 46.0 Å². The molecule has 0 saturated carbocycles. The molecule has 0 aliphatic rings. The van der Waals surface area contributed by atoms with Gasteiger partial charge in [0.25, 0.3) is 0 Å². The molecule has 2 rings (SSSR count). The molecule has 0 bridgehead atoms. The highest BCUT2D eigenvalue weighted by atomic mass is 32.2. The maximum absolute atomic E-state index is 5.70. The number of nitrogen functional groups attached to an aromatic ring is 1. The summed E-state index contributed by atoms with van der Waals surface area (Å²) in [4.78, 5) is 1.23. The number of thioether (sulfide) groups is 1. The summed E-state index contributed by atoms with van der Waals surface area (Å²) in [6, 6.07) is 10.2. The minimum absolute atomic E-state index is 0.834. The van der Waals surface area contributed by atoms with Crippen LogP contribution in [0.1, 0.15) is 5.56 Å². The standard InChI is InChI=1S/C11H11NS2/c12-10-2-1-3-11(6-10)14-8-9-4-5-13-7-9/h1-7H,8,12H2. The molecule has 0 aliphatic carbocycles. The summed E-state index contributed by atoms with van der Waals surface area (Å²) in [5.74, 6) is 1.02. The first-order valence-corrected chi connectivity index (χ1v) is 6.27. The average molecular weight is 221 g/mol. The lowest BCUT2D eigenvalue weighted by Gasteiger charge is -2.00. The fraction of sp³-hybridized carbons (Fsp3) is 0.0909. The first kappa shape index (κ1) is 9.62. The highest BCUT2D eigenvalue weighted by Crippen LogP contribution is 2.24. The number of thiophene rings is 1. The van der Waals surface area contributed by atoms with Gasteiger partial charge in [-0.05, 0) is 40.6 Å². The zero-order valence-corrected chi connectivity index (χ0v) is 9.28. The zero-order chi connectivity index (χ0) is 9.80. The van der Waals surface area contributed by atoms with Crippen molar-refractivity contribution < 1.29 is 0 Å². The molecule has 1 aromatic carbocycles. The van der Waals surface area contributed by atoms with E-state index in [4.69, 9.17) is 5.73 Å². The molecule has 0 saturated heterocycles. The molecule has 1 heterocycles. The van der Waals surface area contributed by atoms with Crippen molar-refractivity contribution in [3.05, 3.63) is 46.7 Å². The van der Waals surface area contributed by atoms with Crippen molar-refractivity contribution in [3.8, 4) is 0 Å². The number of nitrogens with two attached hydrogens (primary N) is 1. The van der Waals surface area contributed by atoms with E-state index in [2.05, 4.69) is 22.9 Å². The van der Waals surface area contributed by atoms with Gasteiger partial charge in [-0.15, -0.1) is 11.8 Å². The number of hydrogen-bond donors (Lipinski definition) is 1. The Labute approximate surface area is 92.0 Å². The Morgan fingerprint density at radius 2 is 2.21 bits per heavy atom. The summed E-state index contributed by atoms with van der Waals surface area (Å²) in [7, 11) is 0. The SMILES string of the molecule is Nc1cccc(SCc2ccsc2)c1. The molecule has 0 amide bonds. The smallest absolute Gasteiger partial charge is 0.0325 e. The van der Waals surface area contributed by atoms with E-state index in [-0.39, 0.29) is 0 Å². The molecular formula is C11H11NS2. The minimum atomic E-state index is 0.834. The third kappa shape index (κ3) is 2.53. The van der Waals surface area contributed by atoms with Crippen LogP contribution < -0.4 is 5.73 Å². The van der Waals surface area contributed by atoms with E-state index in [0.29, 0.717) is 0 Å². The topological polar surface area (TPSA) is 26.0 Å². The molecule has 0 aliphatic heterocycles. The summed E-state index contributed by atoms with van der Waals surface area (Å²) in [5, 5.41) is 4.29. The first-order valence-electron chi connectivity index (χ1n) is 4.34. The second-order valence-electron chi connectivity index (χ2n) is 2.99. The fourth-order valence-corrected chi connectivity index (χ4v) is 2.83. The summed E-state index contributed by atoms with van der Waals surface area (Å²) < 4.78 is 0. The summed E-state index contributed by atoms with van der Waals surface area (Å²) in [6.07, 6.45) is 0. The molecular weight excluding hydrogens is 210 g/mol. The van der Waals surface area contributed by atoms with Crippen molar-refractivity contribution in [3.63, 3.8) is 0 Å². The van der Waals surface area contributed by atoms with E-state index in [1.54, 1.807) is 11.3 Å². The number of anilines is 1. The summed E-state index contributed by atoms with van der Waals surface area (Å²) in [6.45, 7) is 0. The van der Waals surface area contributed by atoms with Gasteiger partial charge in [-0.1, -0.05) is 6.07 Å². The monoisotopic (exact) mass is 221 g/mol. The van der Waals surface area contributed by atoms with Crippen molar-refractivity contribution in [2.45, 2.75) is 10.6 Å². The van der Waals surface area contributed by atoms with Crippen LogP contribution in [0, 0.1) is 0 Å². The Morgan fingerprint density at radius 1 is 1.29 bits per heavy atom. The van der Waals surface area contributed by atoms with Gasteiger partial charge in [0.15, 0.2) is 0 Å². The van der Waals surface area contributed by atoms with Crippen LogP contribution in [0.2, 0.25) is 0 Å². The minimum Gasteiger partial charge on any atom is -0.399 e. The van der Waals surface area contributed by atoms with Gasteiger partial charge in [-0.2, -0.15) is 11.3 Å². The quantitative estimate of drug-likeness (QED) is 0.633. The normalized spacial score (nSPS) is 10.3. The van der Waals surface area contributed by atoms with Crippen molar-refractivity contribution in [2.75, 3.05) is 5.73 Å². The van der Waals surface area contributed by atoms with Crippen molar-refractivity contribution in [1.82, 2.24) is 0 Å². The molecule has 2 aromatic rings. The van der Waals surface area contributed by atoms with Crippen LogP contribution in [0.3, 0.4) is 0 Å². The van der Waals surface area contributed by atoms with E-state index in [1.807, 2.05) is 30.0 Å². The van der Waals surface area contributed by atoms with Crippen molar-refractivity contribution >= 4 is 28.8 Å². The van der Waals surface area contributed by atoms with Gasteiger partial charge in [0, 0.05) is 16.3 Å². The largest absolute Gasteiger partial charge is 0.399 e. The maximum Gasteiger partial charge on any atom is 0.0325 e. The summed E-state index contributed by atoms with van der Waals surface area (Å²) >= 11 is 3.56. The Bertz CT molecular complexity index is 395. The molecule has 72 valence electrons. The van der Waals surface area contributed by atoms with Crippen molar-refractivity contribution in [1.29, 1.82) is 0 Å². The molecule has 0 fully saturated rings. The lowest BCUT2D eigenvalue weighted by atomic mass is 10.3. The van der Waals surface area contributed by atoms with Crippen LogP contribution in [0.25, 0.3) is 0 Å². The summed E-state index contributed by atoms with van der Waals surface area (Å²) in [5.41, 5.74) is 7.91. The number of benzene rings is 1. The van der Waals surface area contributed by atoms with Crippen LogP contribution >= 0.6 is 23.1 Å². The van der Waals surface area contributed by atoms with E-state index in [1.165, 1.54) is 10.5 Å². The number of hydrogen-bond acceptors (Lipinski definition) is 3. The van der Waals surface area contributed by atoms with Gasteiger partial charge in [-0.3, -0.25) is 0 Å². The first-order chi connectivity index (χ1) is 6.84. The van der Waals surface area contributed by atoms with Gasteiger partial charge in [0.2, 0.25) is 0 Å². The fourth-order valence-electron chi connectivity index (χ4n) is 1.15. The maximum atomic E-state index is 5.70. The molecule has 0 spiro atoms. The Morgan fingerprint density at radius 3 is 2.93 bits per heavy atom. The molecule has 1 nitrogen and oxygen atoms in total. The molecule has 2 N–H and O–H groups in total. The highest BCUT2D eigenvalue weighted by molar-refractivity contribution is 7.98. The average Bonchev–Trinajstić information content (AvgIpc) is 2.67. The second-order valence-corrected chi connectivity index (χ2v) is 4.82. The lowest BCUT2D eigenvalue weighted by molar-refractivity contribution is 1.41. The van der Waals surface area contributed by atoms with Gasteiger partial charge < -0.3 is 5.73 Å². The molecule has 0 radical (unpaired) electrons. The van der Waals surface area contributed by atoms with Gasteiger partial charge in [-0.25, -0.2) is 0 Å². The Balaban J connectivity index is 1.98. The molecule has 3 heteroatoms. The second kappa shape index (κ2) is 4.53. The van der Waals surface area contributed by atoms with Gasteiger partial charge in [0.05, 0.1) is 0 Å². The molecule has 0 unspecified atom stereocenters. The van der Waals surface area contributed by atoms with Crippen molar-refractivity contribution in [2.24, 2.45) is 0 Å². The Hall–Kier alpha value is -0.930. The predicted molar refractivity (Wildman–Crippen MR) is 64.7 cm³/mol. The lowest BCUT2D eigenvalue weighted by Crippen LogP contribution is -1.83. The molecule has 0 atom stereocenters. The van der Waals surface area contributed by atoms with Gasteiger partial charge in [0.1, 0.15) is 0 Å². The third-order valence-corrected chi connectivity index (χ3v) is 3.64. The van der Waals surface area contributed by atoms with E-state index < -0.39 is 0 Å². The number of rotatable bonds is 3.